The van der Waals surface area contributed by atoms with Crippen LogP contribution in [0.3, 0.4) is 0 Å². The van der Waals surface area contributed by atoms with Crippen LogP contribution in [0.15, 0.2) is 16.5 Å². The van der Waals surface area contributed by atoms with Crippen LogP contribution in [0.1, 0.15) is 24.9 Å². The van der Waals surface area contributed by atoms with E-state index in [1.807, 2.05) is 12.1 Å². The van der Waals surface area contributed by atoms with Gasteiger partial charge in [-0.25, -0.2) is 0 Å². The molecule has 0 saturated heterocycles. The molecule has 0 fully saturated rings. The number of nitrogens with one attached hydrogen (secondary N) is 1. The number of nitrogens with two attached hydrogens (primary N) is 1. The van der Waals surface area contributed by atoms with Crippen LogP contribution in [-0.4, -0.2) is 6.54 Å². The van der Waals surface area contributed by atoms with E-state index in [1.54, 1.807) is 0 Å². The van der Waals surface area contributed by atoms with Crippen LogP contribution < -0.4 is 11.1 Å². The first-order valence-electron chi connectivity index (χ1n) is 4.35. The van der Waals surface area contributed by atoms with Gasteiger partial charge in [0.25, 0.3) is 0 Å². The second-order valence-electron chi connectivity index (χ2n) is 2.75. The van der Waals surface area contributed by atoms with E-state index in [9.17, 15) is 0 Å². The highest BCUT2D eigenvalue weighted by Crippen LogP contribution is 2.06. The summed E-state index contributed by atoms with van der Waals surface area (Å²) in [5.74, 6) is 1.81. The zero-order valence-corrected chi connectivity index (χ0v) is 7.47. The molecule has 1 rings (SSSR count). The molecule has 1 aromatic rings. The minimum Gasteiger partial charge on any atom is -0.463 e. The third kappa shape index (κ3) is 2.68. The summed E-state index contributed by atoms with van der Waals surface area (Å²) in [7, 11) is 0. The van der Waals surface area contributed by atoms with Crippen molar-refractivity contribution in [3.63, 3.8) is 0 Å². The molecule has 0 radical (unpaired) electrons. The van der Waals surface area contributed by atoms with E-state index in [0.29, 0.717) is 6.54 Å². The number of rotatable bonds is 5. The van der Waals surface area contributed by atoms with E-state index in [2.05, 4.69) is 12.2 Å². The fourth-order valence-electron chi connectivity index (χ4n) is 1.02. The molecule has 0 amide bonds. The van der Waals surface area contributed by atoms with Gasteiger partial charge in [0, 0.05) is 0 Å². The normalized spacial score (nSPS) is 10.5. The molecular formula is C9H16N2O. The maximum atomic E-state index is 5.40. The first-order chi connectivity index (χ1) is 5.86. The molecule has 12 heavy (non-hydrogen) atoms. The number of furan rings is 1. The molecule has 0 aliphatic heterocycles. The third-order valence-corrected chi connectivity index (χ3v) is 1.64. The Balaban J connectivity index is 2.31. The quantitative estimate of drug-likeness (QED) is 0.650. The maximum absolute atomic E-state index is 5.40. The minimum atomic E-state index is 0.480. The first kappa shape index (κ1) is 9.29. The van der Waals surface area contributed by atoms with Gasteiger partial charge in [-0.05, 0) is 25.1 Å². The van der Waals surface area contributed by atoms with Gasteiger partial charge in [-0.15, -0.1) is 0 Å². The van der Waals surface area contributed by atoms with Crippen molar-refractivity contribution in [2.45, 2.75) is 26.4 Å². The van der Waals surface area contributed by atoms with Crippen LogP contribution in [0.4, 0.5) is 0 Å². The molecule has 3 heteroatoms. The molecule has 68 valence electrons. The zero-order chi connectivity index (χ0) is 8.81. The molecule has 0 saturated carbocycles. The van der Waals surface area contributed by atoms with Crippen LogP contribution in [0.5, 0.6) is 0 Å². The molecule has 0 aromatic carbocycles. The van der Waals surface area contributed by atoms with E-state index < -0.39 is 0 Å². The Morgan fingerprint density at radius 1 is 1.42 bits per heavy atom. The Hall–Kier alpha value is -0.800. The van der Waals surface area contributed by atoms with Crippen LogP contribution >= 0.6 is 0 Å². The summed E-state index contributed by atoms with van der Waals surface area (Å²) >= 11 is 0. The number of hydrogen-bond donors (Lipinski definition) is 2. The molecule has 1 aromatic heterocycles. The Kier molecular flexibility index (Phi) is 3.84. The van der Waals surface area contributed by atoms with Crippen molar-refractivity contribution < 1.29 is 4.42 Å². The molecule has 3 nitrogen and oxygen atoms in total. The smallest absolute Gasteiger partial charge is 0.118 e. The van der Waals surface area contributed by atoms with Gasteiger partial charge in [-0.1, -0.05) is 6.92 Å². The molecule has 0 atom stereocenters. The Morgan fingerprint density at radius 2 is 2.17 bits per heavy atom. The Morgan fingerprint density at radius 3 is 2.75 bits per heavy atom. The van der Waals surface area contributed by atoms with Gasteiger partial charge in [0.1, 0.15) is 11.5 Å². The summed E-state index contributed by atoms with van der Waals surface area (Å²) < 4.78 is 5.39. The molecule has 0 unspecified atom stereocenters. The standard InChI is InChI=1S/C9H16N2O/c1-2-5-11-7-9-4-3-8(6-10)12-9/h3-4,11H,2,5-7,10H2,1H3. The molecule has 0 bridgehead atoms. The molecule has 0 aliphatic rings. The summed E-state index contributed by atoms with van der Waals surface area (Å²) in [6, 6.07) is 3.88. The molecule has 1 heterocycles. The highest BCUT2D eigenvalue weighted by atomic mass is 16.3. The second-order valence-corrected chi connectivity index (χ2v) is 2.75. The lowest BCUT2D eigenvalue weighted by Crippen LogP contribution is -2.13. The van der Waals surface area contributed by atoms with Crippen molar-refractivity contribution in [3.8, 4) is 0 Å². The van der Waals surface area contributed by atoms with Gasteiger partial charge < -0.3 is 15.5 Å². The SMILES string of the molecule is CCCNCc1ccc(CN)o1. The van der Waals surface area contributed by atoms with Gasteiger partial charge in [0.05, 0.1) is 13.1 Å². The fourth-order valence-corrected chi connectivity index (χ4v) is 1.02. The highest BCUT2D eigenvalue weighted by molar-refractivity contribution is 5.06. The van der Waals surface area contributed by atoms with E-state index in [-0.39, 0.29) is 0 Å². The summed E-state index contributed by atoms with van der Waals surface area (Å²) in [6.45, 7) is 4.45. The van der Waals surface area contributed by atoms with Gasteiger partial charge in [-0.2, -0.15) is 0 Å². The summed E-state index contributed by atoms with van der Waals surface area (Å²) in [6.07, 6.45) is 1.14. The third-order valence-electron chi connectivity index (χ3n) is 1.64. The summed E-state index contributed by atoms with van der Waals surface area (Å²) in [5.41, 5.74) is 5.40. The van der Waals surface area contributed by atoms with Crippen LogP contribution in [-0.2, 0) is 13.1 Å². The van der Waals surface area contributed by atoms with Crippen molar-refractivity contribution in [2.24, 2.45) is 5.73 Å². The van der Waals surface area contributed by atoms with E-state index in [0.717, 1.165) is 31.0 Å². The van der Waals surface area contributed by atoms with Crippen LogP contribution in [0.25, 0.3) is 0 Å². The largest absolute Gasteiger partial charge is 0.463 e. The fraction of sp³-hybridized carbons (Fsp3) is 0.556. The molecule has 0 spiro atoms. The van der Waals surface area contributed by atoms with Crippen LogP contribution in [0.2, 0.25) is 0 Å². The minimum absolute atomic E-state index is 0.480. The lowest BCUT2D eigenvalue weighted by Gasteiger charge is -1.98. The molecule has 0 aliphatic carbocycles. The lowest BCUT2D eigenvalue weighted by atomic mass is 10.4. The van der Waals surface area contributed by atoms with Crippen molar-refractivity contribution in [2.75, 3.05) is 6.54 Å². The zero-order valence-electron chi connectivity index (χ0n) is 7.47. The van der Waals surface area contributed by atoms with E-state index in [4.69, 9.17) is 10.2 Å². The topological polar surface area (TPSA) is 51.2 Å². The molecular weight excluding hydrogens is 152 g/mol. The van der Waals surface area contributed by atoms with Gasteiger partial charge in [0.15, 0.2) is 0 Å². The Bertz CT molecular complexity index is 220. The van der Waals surface area contributed by atoms with E-state index >= 15 is 0 Å². The van der Waals surface area contributed by atoms with Gasteiger partial charge in [-0.3, -0.25) is 0 Å². The summed E-state index contributed by atoms with van der Waals surface area (Å²) in [5, 5.41) is 3.25. The highest BCUT2D eigenvalue weighted by Gasteiger charge is 1.98. The van der Waals surface area contributed by atoms with Crippen LogP contribution in [0, 0.1) is 0 Å². The predicted molar refractivity (Wildman–Crippen MR) is 48.6 cm³/mol. The van der Waals surface area contributed by atoms with Crippen molar-refractivity contribution in [1.82, 2.24) is 5.32 Å². The first-order valence-corrected chi connectivity index (χ1v) is 4.35. The second kappa shape index (κ2) is 4.95. The van der Waals surface area contributed by atoms with Gasteiger partial charge >= 0.3 is 0 Å². The van der Waals surface area contributed by atoms with Crippen molar-refractivity contribution >= 4 is 0 Å². The van der Waals surface area contributed by atoms with Crippen molar-refractivity contribution in [3.05, 3.63) is 23.7 Å². The average Bonchev–Trinajstić information content (AvgIpc) is 2.53. The summed E-state index contributed by atoms with van der Waals surface area (Å²) in [4.78, 5) is 0. The maximum Gasteiger partial charge on any atom is 0.118 e. The Labute approximate surface area is 72.9 Å². The van der Waals surface area contributed by atoms with Crippen molar-refractivity contribution in [1.29, 1.82) is 0 Å². The lowest BCUT2D eigenvalue weighted by molar-refractivity contribution is 0.448. The number of hydrogen-bond acceptors (Lipinski definition) is 3. The predicted octanol–water partition coefficient (Wildman–Crippen LogP) is 1.24. The average molecular weight is 168 g/mol. The van der Waals surface area contributed by atoms with Gasteiger partial charge in [0.2, 0.25) is 0 Å². The molecule has 3 N–H and O–H groups in total. The monoisotopic (exact) mass is 168 g/mol. The van der Waals surface area contributed by atoms with E-state index in [1.165, 1.54) is 0 Å².